The van der Waals surface area contributed by atoms with E-state index in [-0.39, 0.29) is 11.3 Å². The second-order valence-electron chi connectivity index (χ2n) is 4.21. The highest BCUT2D eigenvalue weighted by Crippen LogP contribution is 1.93. The topological polar surface area (TPSA) is 78.9 Å². The van der Waals surface area contributed by atoms with Crippen molar-refractivity contribution in [1.29, 1.82) is 0 Å². The molecule has 2 aromatic heterocycles. The molecule has 0 saturated carbocycles. The van der Waals surface area contributed by atoms with Crippen LogP contribution in [-0.2, 0) is 20.1 Å². The normalized spacial score (nSPS) is 10.6. The smallest absolute Gasteiger partial charge is 0.298 e. The Balaban J connectivity index is 2.38. The van der Waals surface area contributed by atoms with Crippen LogP contribution in [0.3, 0.4) is 0 Å². The molecule has 2 aromatic rings. The first-order valence-corrected chi connectivity index (χ1v) is 5.79. The van der Waals surface area contributed by atoms with Gasteiger partial charge in [-0.3, -0.25) is 23.4 Å². The number of carbonyl (C=O) groups excluding carboxylic acids is 1. The van der Waals surface area contributed by atoms with Crippen LogP contribution in [0.5, 0.6) is 0 Å². The van der Waals surface area contributed by atoms with Crippen LogP contribution in [0, 0.1) is 0 Å². The van der Waals surface area contributed by atoms with Crippen molar-refractivity contribution in [3.05, 3.63) is 51.1 Å². The van der Waals surface area contributed by atoms with Crippen molar-refractivity contribution in [2.75, 3.05) is 0 Å². The fourth-order valence-corrected chi connectivity index (χ4v) is 1.77. The van der Waals surface area contributed by atoms with E-state index in [1.54, 1.807) is 23.1 Å². The van der Waals surface area contributed by atoms with E-state index in [0.29, 0.717) is 13.1 Å². The Bertz CT molecular complexity index is 710. The van der Waals surface area contributed by atoms with Gasteiger partial charge in [-0.2, -0.15) is 5.10 Å². The van der Waals surface area contributed by atoms with Crippen molar-refractivity contribution < 1.29 is 4.79 Å². The lowest BCUT2D eigenvalue weighted by atomic mass is 10.2. The highest BCUT2D eigenvalue weighted by atomic mass is 16.2. The monoisotopic (exact) mass is 262 g/mol. The zero-order chi connectivity index (χ0) is 14.0. The van der Waals surface area contributed by atoms with Crippen LogP contribution in [-0.4, -0.2) is 24.7 Å². The minimum absolute atomic E-state index is 0.0163. The molecule has 2 rings (SSSR count). The lowest BCUT2D eigenvalue weighted by Crippen LogP contribution is -2.40. The minimum atomic E-state index is -0.562. The summed E-state index contributed by atoms with van der Waals surface area (Å²) in [7, 11) is 1.36. The van der Waals surface area contributed by atoms with Crippen LogP contribution in [0.15, 0.2) is 34.2 Å². The van der Waals surface area contributed by atoms with Crippen LogP contribution in [0.25, 0.3) is 0 Å². The molecule has 0 saturated heterocycles. The third kappa shape index (κ3) is 2.54. The second kappa shape index (κ2) is 5.05. The van der Waals surface area contributed by atoms with E-state index in [2.05, 4.69) is 5.10 Å². The van der Waals surface area contributed by atoms with Gasteiger partial charge in [0.05, 0.1) is 12.1 Å². The fraction of sp³-hybridized carbons (Fsp3) is 0.333. The van der Waals surface area contributed by atoms with E-state index >= 15 is 0 Å². The lowest BCUT2D eigenvalue weighted by Gasteiger charge is -2.09. The number of nitrogens with zero attached hydrogens (tertiary/aromatic N) is 4. The second-order valence-corrected chi connectivity index (χ2v) is 4.21. The molecule has 0 fully saturated rings. The molecule has 0 aliphatic carbocycles. The number of aryl methyl sites for hydroxylation is 2. The van der Waals surface area contributed by atoms with Gasteiger partial charge in [0.2, 0.25) is 0 Å². The Kier molecular flexibility index (Phi) is 3.46. The maximum absolute atomic E-state index is 11.9. The molecule has 0 unspecified atom stereocenters. The van der Waals surface area contributed by atoms with Gasteiger partial charge in [0.1, 0.15) is 0 Å². The van der Waals surface area contributed by atoms with Crippen molar-refractivity contribution in [2.24, 2.45) is 7.05 Å². The number of carbonyl (C=O) groups is 1. The van der Waals surface area contributed by atoms with Crippen molar-refractivity contribution >= 4 is 5.78 Å². The third-order valence-corrected chi connectivity index (χ3v) is 2.86. The molecule has 0 bridgehead atoms. The van der Waals surface area contributed by atoms with Crippen molar-refractivity contribution in [2.45, 2.75) is 20.0 Å². The highest BCUT2D eigenvalue weighted by Gasteiger charge is 2.11. The van der Waals surface area contributed by atoms with Gasteiger partial charge in [0.25, 0.3) is 5.56 Å². The number of hydrogen-bond acceptors (Lipinski definition) is 4. The molecule has 0 amide bonds. The highest BCUT2D eigenvalue weighted by molar-refractivity contribution is 5.93. The summed E-state index contributed by atoms with van der Waals surface area (Å²) in [6.07, 6.45) is 4.74. The molecule has 0 aliphatic heterocycles. The van der Waals surface area contributed by atoms with E-state index in [1.807, 2.05) is 0 Å². The van der Waals surface area contributed by atoms with Crippen molar-refractivity contribution in [3.63, 3.8) is 0 Å². The number of rotatable bonds is 4. The van der Waals surface area contributed by atoms with Crippen LogP contribution in [0.1, 0.15) is 17.3 Å². The minimum Gasteiger partial charge on any atom is -0.298 e. The van der Waals surface area contributed by atoms with Crippen LogP contribution >= 0.6 is 0 Å². The standard InChI is InChI=1S/C12H14N4O3/c1-9(17)10-8-15(12(19)14(2)11(10)18)6-7-16-5-3-4-13-16/h3-5,8H,6-7H2,1-2H3. The molecular weight excluding hydrogens is 248 g/mol. The van der Waals surface area contributed by atoms with E-state index in [0.717, 1.165) is 4.57 Å². The Morgan fingerprint density at radius 1 is 1.32 bits per heavy atom. The number of aromatic nitrogens is 4. The molecule has 0 spiro atoms. The van der Waals surface area contributed by atoms with E-state index in [4.69, 9.17) is 0 Å². The zero-order valence-corrected chi connectivity index (χ0v) is 10.7. The fourth-order valence-electron chi connectivity index (χ4n) is 1.77. The number of ketones is 1. The molecule has 7 nitrogen and oxygen atoms in total. The van der Waals surface area contributed by atoms with Gasteiger partial charge in [-0.25, -0.2) is 4.79 Å². The Hall–Kier alpha value is -2.44. The summed E-state index contributed by atoms with van der Waals surface area (Å²) < 4.78 is 3.96. The Morgan fingerprint density at radius 3 is 2.63 bits per heavy atom. The largest absolute Gasteiger partial charge is 0.330 e. The predicted octanol–water partition coefficient (Wildman–Crippen LogP) is -0.354. The summed E-state index contributed by atoms with van der Waals surface area (Å²) in [4.78, 5) is 35.0. The summed E-state index contributed by atoms with van der Waals surface area (Å²) in [5.74, 6) is -0.353. The lowest BCUT2D eigenvalue weighted by molar-refractivity contribution is 0.101. The van der Waals surface area contributed by atoms with Crippen LogP contribution in [0.4, 0.5) is 0 Å². The SMILES string of the molecule is CC(=O)c1cn(CCn2cccn2)c(=O)n(C)c1=O. The Morgan fingerprint density at radius 2 is 2.05 bits per heavy atom. The number of Topliss-reactive ketones (excluding diaryl/α,β-unsaturated/α-hetero) is 1. The zero-order valence-electron chi connectivity index (χ0n) is 10.7. The predicted molar refractivity (Wildman–Crippen MR) is 68.2 cm³/mol. The van der Waals surface area contributed by atoms with Gasteiger partial charge in [-0.15, -0.1) is 0 Å². The maximum atomic E-state index is 11.9. The van der Waals surface area contributed by atoms with E-state index in [1.165, 1.54) is 24.7 Å². The average molecular weight is 262 g/mol. The quantitative estimate of drug-likeness (QED) is 0.705. The van der Waals surface area contributed by atoms with Gasteiger partial charge in [0, 0.05) is 32.2 Å². The van der Waals surface area contributed by atoms with Crippen LogP contribution in [0.2, 0.25) is 0 Å². The Labute approximate surface area is 108 Å². The molecule has 2 heterocycles. The summed E-state index contributed by atoms with van der Waals surface area (Å²) in [6, 6.07) is 1.78. The molecule has 0 aromatic carbocycles. The molecule has 0 N–H and O–H groups in total. The average Bonchev–Trinajstić information content (AvgIpc) is 2.88. The first-order valence-electron chi connectivity index (χ1n) is 5.79. The van der Waals surface area contributed by atoms with Crippen molar-refractivity contribution in [1.82, 2.24) is 18.9 Å². The summed E-state index contributed by atoms with van der Waals surface area (Å²) in [6.45, 7) is 2.14. The van der Waals surface area contributed by atoms with Crippen LogP contribution < -0.4 is 11.2 Å². The summed E-state index contributed by atoms with van der Waals surface area (Å²) in [5, 5.41) is 4.02. The molecule has 0 atom stereocenters. The van der Waals surface area contributed by atoms with Gasteiger partial charge in [-0.1, -0.05) is 0 Å². The maximum Gasteiger partial charge on any atom is 0.330 e. The molecular formula is C12H14N4O3. The first-order chi connectivity index (χ1) is 9.00. The molecule has 100 valence electrons. The molecule has 0 aliphatic rings. The molecule has 19 heavy (non-hydrogen) atoms. The molecule has 0 radical (unpaired) electrons. The van der Waals surface area contributed by atoms with Gasteiger partial charge >= 0.3 is 5.69 Å². The van der Waals surface area contributed by atoms with E-state index < -0.39 is 11.2 Å². The number of hydrogen-bond donors (Lipinski definition) is 0. The molecule has 7 heteroatoms. The van der Waals surface area contributed by atoms with Gasteiger partial charge in [0.15, 0.2) is 5.78 Å². The summed E-state index contributed by atoms with van der Waals surface area (Å²) >= 11 is 0. The van der Waals surface area contributed by atoms with Gasteiger partial charge in [-0.05, 0) is 13.0 Å². The van der Waals surface area contributed by atoms with E-state index in [9.17, 15) is 14.4 Å². The third-order valence-electron chi connectivity index (χ3n) is 2.86. The first kappa shape index (κ1) is 13.0. The summed E-state index contributed by atoms with van der Waals surface area (Å²) in [5.41, 5.74) is -0.988. The van der Waals surface area contributed by atoms with Crippen molar-refractivity contribution in [3.8, 4) is 0 Å². The van der Waals surface area contributed by atoms with Gasteiger partial charge < -0.3 is 0 Å².